The predicted octanol–water partition coefficient (Wildman–Crippen LogP) is 0.874. The molecule has 0 radical (unpaired) electrons. The summed E-state index contributed by atoms with van der Waals surface area (Å²) >= 11 is 0. The van der Waals surface area contributed by atoms with Crippen molar-refractivity contribution in [3.05, 3.63) is 34.9 Å². The van der Waals surface area contributed by atoms with Crippen LogP contribution in [0.2, 0.25) is 0 Å². The van der Waals surface area contributed by atoms with Crippen LogP contribution in [0, 0.1) is 5.39 Å². The summed E-state index contributed by atoms with van der Waals surface area (Å²) in [7, 11) is 0. The highest BCUT2D eigenvalue weighted by Crippen LogP contribution is 2.24. The Kier molecular flexibility index (Phi) is 2.03. The second kappa shape index (κ2) is 3.34. The molecule has 1 heterocycles. The van der Waals surface area contributed by atoms with Crippen LogP contribution in [0.15, 0.2) is 24.3 Å². The molecule has 0 amide bonds. The van der Waals surface area contributed by atoms with E-state index >= 15 is 0 Å². The number of hydrogen-bond donors (Lipinski definition) is 1. The van der Waals surface area contributed by atoms with E-state index in [9.17, 15) is 4.79 Å². The summed E-state index contributed by atoms with van der Waals surface area (Å²) in [6.45, 7) is 0. The number of rotatable bonds is 1. The topological polar surface area (TPSA) is 66.5 Å². The zero-order chi connectivity index (χ0) is 9.97. The van der Waals surface area contributed by atoms with Crippen LogP contribution < -0.4 is 10.2 Å². The lowest BCUT2D eigenvalue weighted by Gasteiger charge is -2.18. The van der Waals surface area contributed by atoms with E-state index in [0.717, 1.165) is 5.56 Å². The fourth-order valence-corrected chi connectivity index (χ4v) is 1.42. The second-order valence-corrected chi connectivity index (χ2v) is 3.01. The Hall–Kier alpha value is -2.09. The molecule has 1 N–H and O–H groups in total. The summed E-state index contributed by atoms with van der Waals surface area (Å²) in [5, 5.41) is 11.0. The van der Waals surface area contributed by atoms with Gasteiger partial charge in [0.05, 0.1) is 0 Å². The molecule has 0 aliphatic carbocycles. The third-order valence-electron chi connectivity index (χ3n) is 2.11. The van der Waals surface area contributed by atoms with E-state index in [1.165, 1.54) is 0 Å². The van der Waals surface area contributed by atoms with Crippen LogP contribution >= 0.6 is 0 Å². The molecule has 1 aromatic carbocycles. The third kappa shape index (κ3) is 1.38. The van der Waals surface area contributed by atoms with E-state index in [4.69, 9.17) is 10.1 Å². The van der Waals surface area contributed by atoms with Gasteiger partial charge in [-0.05, 0) is 17.1 Å². The maximum absolute atomic E-state index is 11.3. The molecule has 0 aromatic heterocycles. The van der Waals surface area contributed by atoms with Crippen LogP contribution in [0.4, 0.5) is 0 Å². The van der Waals surface area contributed by atoms with Gasteiger partial charge in [-0.15, -0.1) is 0 Å². The molecule has 1 atom stereocenters. The Morgan fingerprint density at radius 1 is 1.50 bits per heavy atom. The first-order valence-corrected chi connectivity index (χ1v) is 4.20. The summed E-state index contributed by atoms with van der Waals surface area (Å²) in [4.78, 5) is 11.3. The first kappa shape index (κ1) is 8.51. The van der Waals surface area contributed by atoms with Crippen LogP contribution in [0.3, 0.4) is 0 Å². The number of nitrogens with zero attached hydrogens (tertiary/aromatic N) is 2. The number of hydrogen-bond acceptors (Lipinski definition) is 4. The van der Waals surface area contributed by atoms with Gasteiger partial charge in [-0.1, -0.05) is 18.2 Å². The van der Waals surface area contributed by atoms with Crippen LogP contribution in [0.25, 0.3) is 5.08 Å². The minimum Gasteiger partial charge on any atom is -0.425 e. The Labute approximate surface area is 80.3 Å². The van der Waals surface area contributed by atoms with Gasteiger partial charge in [0.15, 0.2) is 0 Å². The SMILES string of the molecule is N#[N+]NC1Cc2ccccc2OC1=O. The zero-order valence-corrected chi connectivity index (χ0v) is 7.30. The van der Waals surface area contributed by atoms with Crippen molar-refractivity contribution < 1.29 is 9.53 Å². The van der Waals surface area contributed by atoms with Gasteiger partial charge >= 0.3 is 11.1 Å². The molecule has 70 valence electrons. The van der Waals surface area contributed by atoms with Crippen LogP contribution in [0.5, 0.6) is 5.75 Å². The molecular formula is C9H8N3O2+. The molecule has 0 bridgehead atoms. The van der Waals surface area contributed by atoms with E-state index in [1.807, 2.05) is 12.1 Å². The Balaban J connectivity index is 2.28. The number of esters is 1. The summed E-state index contributed by atoms with van der Waals surface area (Å²) in [5.41, 5.74) is 3.21. The predicted molar refractivity (Wildman–Crippen MR) is 47.8 cm³/mol. The highest BCUT2D eigenvalue weighted by atomic mass is 16.5. The van der Waals surface area contributed by atoms with Crippen molar-refractivity contribution in [2.45, 2.75) is 12.5 Å². The smallest absolute Gasteiger partial charge is 0.341 e. The van der Waals surface area contributed by atoms with E-state index < -0.39 is 12.0 Å². The average Bonchev–Trinajstić information content (AvgIpc) is 2.19. The average molecular weight is 190 g/mol. The molecule has 5 heteroatoms. The van der Waals surface area contributed by atoms with Gasteiger partial charge in [-0.25, -0.2) is 4.79 Å². The van der Waals surface area contributed by atoms with Gasteiger partial charge in [0.2, 0.25) is 6.04 Å². The van der Waals surface area contributed by atoms with Crippen molar-refractivity contribution in [1.82, 2.24) is 5.43 Å². The summed E-state index contributed by atoms with van der Waals surface area (Å²) in [5.74, 6) is 0.148. The highest BCUT2D eigenvalue weighted by Gasteiger charge is 2.31. The molecule has 0 saturated heterocycles. The van der Waals surface area contributed by atoms with E-state index in [1.54, 1.807) is 12.1 Å². The maximum Gasteiger partial charge on any atom is 0.341 e. The number of benzene rings is 1. The zero-order valence-electron chi connectivity index (χ0n) is 7.30. The maximum atomic E-state index is 11.3. The van der Waals surface area contributed by atoms with E-state index in [0.29, 0.717) is 12.2 Å². The van der Waals surface area contributed by atoms with Gasteiger partial charge in [0.1, 0.15) is 5.75 Å². The largest absolute Gasteiger partial charge is 0.425 e. The third-order valence-corrected chi connectivity index (χ3v) is 2.11. The molecule has 1 aliphatic rings. The molecule has 0 fully saturated rings. The minimum atomic E-state index is -0.602. The molecule has 5 nitrogen and oxygen atoms in total. The van der Waals surface area contributed by atoms with Crippen molar-refractivity contribution >= 4 is 5.97 Å². The number of para-hydroxylation sites is 1. The number of carbonyl (C=O) groups excluding carboxylic acids is 1. The molecule has 0 saturated carbocycles. The first-order chi connectivity index (χ1) is 6.81. The normalized spacial score (nSPS) is 19.1. The number of nitrogens with one attached hydrogen (secondary N) is 1. The molecule has 1 unspecified atom stereocenters. The van der Waals surface area contributed by atoms with Crippen molar-refractivity contribution in [1.29, 1.82) is 5.39 Å². The monoisotopic (exact) mass is 190 g/mol. The van der Waals surface area contributed by atoms with Crippen LogP contribution in [-0.4, -0.2) is 12.0 Å². The Bertz CT molecular complexity index is 411. The van der Waals surface area contributed by atoms with Crippen molar-refractivity contribution in [2.24, 2.45) is 0 Å². The molecular weight excluding hydrogens is 182 g/mol. The standard InChI is InChI=1S/C9H8N3O2/c10-12-11-7-5-6-3-1-2-4-8(6)14-9(7)13/h1-4,7,11H,5H2/q+1. The number of carbonyl (C=O) groups is 1. The van der Waals surface area contributed by atoms with Gasteiger partial charge in [-0.3, -0.25) is 0 Å². The Morgan fingerprint density at radius 3 is 3.07 bits per heavy atom. The van der Waals surface area contributed by atoms with E-state index in [2.05, 4.69) is 10.5 Å². The van der Waals surface area contributed by atoms with Gasteiger partial charge in [0, 0.05) is 6.42 Å². The number of diazo groups is 1. The first-order valence-electron chi connectivity index (χ1n) is 4.20. The van der Waals surface area contributed by atoms with Gasteiger partial charge in [0.25, 0.3) is 5.39 Å². The second-order valence-electron chi connectivity index (χ2n) is 3.01. The van der Waals surface area contributed by atoms with Crippen molar-refractivity contribution in [2.75, 3.05) is 0 Å². The minimum absolute atomic E-state index is 0.429. The Morgan fingerprint density at radius 2 is 2.29 bits per heavy atom. The summed E-state index contributed by atoms with van der Waals surface area (Å²) < 4.78 is 5.02. The number of fused-ring (bicyclic) bond motifs is 1. The number of ether oxygens (including phenoxy) is 1. The van der Waals surface area contributed by atoms with Crippen molar-refractivity contribution in [3.8, 4) is 5.75 Å². The van der Waals surface area contributed by atoms with Crippen LogP contribution in [0.1, 0.15) is 5.56 Å². The fraction of sp³-hybridized carbons (Fsp3) is 0.222. The summed E-state index contributed by atoms with van der Waals surface area (Å²) in [6.07, 6.45) is 0.471. The van der Waals surface area contributed by atoms with Gasteiger partial charge in [-0.2, -0.15) is 0 Å². The molecule has 1 aromatic rings. The van der Waals surface area contributed by atoms with E-state index in [-0.39, 0.29) is 0 Å². The molecule has 0 spiro atoms. The van der Waals surface area contributed by atoms with Crippen LogP contribution in [-0.2, 0) is 11.2 Å². The van der Waals surface area contributed by atoms with Gasteiger partial charge < -0.3 is 4.74 Å². The fourth-order valence-electron chi connectivity index (χ4n) is 1.42. The molecule has 14 heavy (non-hydrogen) atoms. The quantitative estimate of drug-likeness (QED) is 0.309. The summed E-state index contributed by atoms with van der Waals surface area (Å²) in [6, 6.07) is 6.67. The molecule has 2 rings (SSSR count). The molecule has 1 aliphatic heterocycles. The lowest BCUT2D eigenvalue weighted by Crippen LogP contribution is -2.40. The van der Waals surface area contributed by atoms with Crippen molar-refractivity contribution in [3.63, 3.8) is 0 Å². The lowest BCUT2D eigenvalue weighted by molar-refractivity contribution is -0.137. The highest BCUT2D eigenvalue weighted by molar-refractivity contribution is 5.81. The lowest BCUT2D eigenvalue weighted by atomic mass is 10.0.